The number of nitriles is 1. The van der Waals surface area contributed by atoms with Crippen molar-refractivity contribution in [1.29, 1.82) is 5.26 Å². The van der Waals surface area contributed by atoms with Crippen LogP contribution in [0.15, 0.2) is 53.7 Å². The highest BCUT2D eigenvalue weighted by Gasteiger charge is 2.31. The van der Waals surface area contributed by atoms with Crippen LogP contribution in [0.4, 0.5) is 23.2 Å². The molecule has 1 heterocycles. The number of halogens is 4. The van der Waals surface area contributed by atoms with Gasteiger partial charge in [0.1, 0.15) is 11.6 Å². The van der Waals surface area contributed by atoms with E-state index < -0.39 is 23.8 Å². The fourth-order valence-corrected chi connectivity index (χ4v) is 3.40. The Morgan fingerprint density at radius 1 is 1.19 bits per heavy atom. The molecule has 2 aromatic carbocycles. The fourth-order valence-electron chi connectivity index (χ4n) is 2.64. The van der Waals surface area contributed by atoms with Crippen molar-refractivity contribution in [2.24, 2.45) is 0 Å². The molecule has 0 N–H and O–H groups in total. The van der Waals surface area contributed by atoms with Gasteiger partial charge in [-0.2, -0.15) is 9.94 Å². The maximum absolute atomic E-state index is 14.2. The van der Waals surface area contributed by atoms with Gasteiger partial charge in [-0.25, -0.2) is 4.39 Å². The maximum Gasteiger partial charge on any atom is 0.573 e. The first-order valence-corrected chi connectivity index (χ1v) is 9.96. The van der Waals surface area contributed by atoms with Crippen LogP contribution in [0.25, 0.3) is 5.69 Å². The number of ether oxygens (including phenoxy) is 1. The Bertz CT molecular complexity index is 1110. The van der Waals surface area contributed by atoms with E-state index in [9.17, 15) is 22.4 Å². The van der Waals surface area contributed by atoms with Crippen LogP contribution < -0.4 is 9.64 Å². The second kappa shape index (κ2) is 10.1. The van der Waals surface area contributed by atoms with Crippen LogP contribution in [-0.4, -0.2) is 44.8 Å². The third-order valence-electron chi connectivity index (χ3n) is 3.97. The minimum atomic E-state index is -4.81. The molecule has 0 aliphatic rings. The molecule has 0 saturated heterocycles. The highest BCUT2D eigenvalue weighted by atomic mass is 32.2. The summed E-state index contributed by atoms with van der Waals surface area (Å²) in [5.74, 6) is -1.65. The van der Waals surface area contributed by atoms with E-state index in [1.165, 1.54) is 39.9 Å². The van der Waals surface area contributed by atoms with Gasteiger partial charge in [0.2, 0.25) is 11.1 Å². The number of tetrazole rings is 1. The summed E-state index contributed by atoms with van der Waals surface area (Å²) in [6.45, 7) is 0.00242. The largest absolute Gasteiger partial charge is 0.573 e. The Balaban J connectivity index is 1.72. The number of anilines is 1. The van der Waals surface area contributed by atoms with Crippen molar-refractivity contribution in [3.63, 3.8) is 0 Å². The molecule has 1 aromatic heterocycles. The number of carbonyl (C=O) groups excluding carboxylic acids is 1. The van der Waals surface area contributed by atoms with E-state index in [0.29, 0.717) is 5.69 Å². The molecule has 0 fully saturated rings. The summed E-state index contributed by atoms with van der Waals surface area (Å²) >= 11 is 0.952. The molecule has 0 saturated carbocycles. The maximum atomic E-state index is 14.2. The number of carbonyl (C=O) groups is 1. The van der Waals surface area contributed by atoms with Crippen molar-refractivity contribution in [2.75, 3.05) is 17.2 Å². The standard InChI is InChI=1S/C19H14F4N6O2S/c20-15-4-1-2-5-16(15)28(11-3-10-24)17(30)12-32-18-25-26-27-29(18)13-6-8-14(9-7-13)31-19(21,22)23/h1-2,4-9H,3,11-12H2. The predicted octanol–water partition coefficient (Wildman–Crippen LogP) is 3.74. The highest BCUT2D eigenvalue weighted by Crippen LogP contribution is 2.26. The molecule has 0 aliphatic heterocycles. The van der Waals surface area contributed by atoms with E-state index in [4.69, 9.17) is 5.26 Å². The number of thioether (sulfide) groups is 1. The summed E-state index contributed by atoms with van der Waals surface area (Å²) in [6.07, 6.45) is -4.80. The molecular weight excluding hydrogens is 452 g/mol. The molecular formula is C19H14F4N6O2S. The van der Waals surface area contributed by atoms with E-state index in [1.54, 1.807) is 6.07 Å². The molecule has 3 rings (SSSR count). The molecule has 166 valence electrons. The van der Waals surface area contributed by atoms with Gasteiger partial charge in [0.05, 0.1) is 29.6 Å². The summed E-state index contributed by atoms with van der Waals surface area (Å²) in [6, 6.07) is 12.5. The van der Waals surface area contributed by atoms with Crippen LogP contribution in [0.2, 0.25) is 0 Å². The quantitative estimate of drug-likeness (QED) is 0.369. The average molecular weight is 466 g/mol. The van der Waals surface area contributed by atoms with Gasteiger partial charge in [0.15, 0.2) is 0 Å². The molecule has 0 bridgehead atoms. The molecule has 0 unspecified atom stereocenters. The Morgan fingerprint density at radius 3 is 2.56 bits per heavy atom. The summed E-state index contributed by atoms with van der Waals surface area (Å²) in [5.41, 5.74) is 0.392. The van der Waals surface area contributed by atoms with Crippen molar-refractivity contribution in [3.05, 3.63) is 54.3 Å². The van der Waals surface area contributed by atoms with Gasteiger partial charge in [-0.15, -0.1) is 18.3 Å². The monoisotopic (exact) mass is 466 g/mol. The van der Waals surface area contributed by atoms with Crippen LogP contribution in [-0.2, 0) is 4.79 Å². The summed E-state index contributed by atoms with van der Waals surface area (Å²) in [5, 5.41) is 20.2. The van der Waals surface area contributed by atoms with Crippen LogP contribution in [0, 0.1) is 17.1 Å². The normalized spacial score (nSPS) is 11.1. The highest BCUT2D eigenvalue weighted by molar-refractivity contribution is 7.99. The molecule has 0 radical (unpaired) electrons. The smallest absolute Gasteiger partial charge is 0.406 e. The number of hydrogen-bond acceptors (Lipinski definition) is 7. The van der Waals surface area contributed by atoms with Crippen LogP contribution in [0.1, 0.15) is 6.42 Å². The number of amides is 1. The van der Waals surface area contributed by atoms with Gasteiger partial charge < -0.3 is 9.64 Å². The first-order chi connectivity index (χ1) is 15.3. The van der Waals surface area contributed by atoms with Crippen molar-refractivity contribution in [3.8, 4) is 17.5 Å². The van der Waals surface area contributed by atoms with Crippen LogP contribution in [0.5, 0.6) is 5.75 Å². The predicted molar refractivity (Wildman–Crippen MR) is 106 cm³/mol. The van der Waals surface area contributed by atoms with E-state index in [0.717, 1.165) is 23.9 Å². The van der Waals surface area contributed by atoms with Gasteiger partial charge in [0.25, 0.3) is 0 Å². The molecule has 0 atom stereocenters. The summed E-state index contributed by atoms with van der Waals surface area (Å²) < 4.78 is 56.1. The third kappa shape index (κ3) is 5.94. The number of rotatable bonds is 8. The van der Waals surface area contributed by atoms with Crippen molar-refractivity contribution in [1.82, 2.24) is 20.2 Å². The molecule has 13 heteroatoms. The zero-order chi connectivity index (χ0) is 23.1. The molecule has 32 heavy (non-hydrogen) atoms. The van der Waals surface area contributed by atoms with E-state index in [2.05, 4.69) is 20.3 Å². The first-order valence-electron chi connectivity index (χ1n) is 8.97. The lowest BCUT2D eigenvalue weighted by Gasteiger charge is -2.22. The number of nitrogens with zero attached hydrogens (tertiary/aromatic N) is 6. The van der Waals surface area contributed by atoms with Crippen LogP contribution in [0.3, 0.4) is 0 Å². The van der Waals surface area contributed by atoms with Crippen molar-refractivity contribution in [2.45, 2.75) is 17.9 Å². The molecule has 3 aromatic rings. The lowest BCUT2D eigenvalue weighted by molar-refractivity contribution is -0.274. The zero-order valence-electron chi connectivity index (χ0n) is 16.2. The van der Waals surface area contributed by atoms with Crippen LogP contribution >= 0.6 is 11.8 Å². The summed E-state index contributed by atoms with van der Waals surface area (Å²) in [4.78, 5) is 13.9. The molecule has 0 spiro atoms. The number of alkyl halides is 3. The lowest BCUT2D eigenvalue weighted by atomic mass is 10.2. The lowest BCUT2D eigenvalue weighted by Crippen LogP contribution is -2.34. The van der Waals surface area contributed by atoms with Gasteiger partial charge in [-0.1, -0.05) is 23.9 Å². The van der Waals surface area contributed by atoms with E-state index in [-0.39, 0.29) is 29.6 Å². The Morgan fingerprint density at radius 2 is 1.91 bits per heavy atom. The SMILES string of the molecule is N#CCCN(C(=O)CSc1nnnn1-c1ccc(OC(F)(F)F)cc1)c1ccccc1F. The second-order valence-electron chi connectivity index (χ2n) is 6.11. The number of benzene rings is 2. The number of aromatic nitrogens is 4. The molecule has 0 aliphatic carbocycles. The Kier molecular flexibility index (Phi) is 7.26. The number of para-hydroxylation sites is 1. The first kappa shape index (κ1) is 23.0. The Labute approximate surface area is 183 Å². The van der Waals surface area contributed by atoms with Gasteiger partial charge in [-0.05, 0) is 46.8 Å². The van der Waals surface area contributed by atoms with E-state index in [1.807, 2.05) is 6.07 Å². The van der Waals surface area contributed by atoms with Gasteiger partial charge in [-0.3, -0.25) is 4.79 Å². The van der Waals surface area contributed by atoms with Crippen molar-refractivity contribution < 1.29 is 27.1 Å². The Hall–Kier alpha value is -3.66. The third-order valence-corrected chi connectivity index (χ3v) is 4.88. The van der Waals surface area contributed by atoms with E-state index >= 15 is 0 Å². The zero-order valence-corrected chi connectivity index (χ0v) is 17.0. The topological polar surface area (TPSA) is 96.9 Å². The fraction of sp³-hybridized carbons (Fsp3) is 0.211. The molecule has 1 amide bonds. The molecule has 8 nitrogen and oxygen atoms in total. The average Bonchev–Trinajstić information content (AvgIpc) is 3.21. The minimum absolute atomic E-state index is 0.00242. The number of hydrogen-bond donors (Lipinski definition) is 0. The second-order valence-corrected chi connectivity index (χ2v) is 7.05. The van der Waals surface area contributed by atoms with Crippen molar-refractivity contribution >= 4 is 23.4 Å². The summed E-state index contributed by atoms with van der Waals surface area (Å²) in [7, 11) is 0. The minimum Gasteiger partial charge on any atom is -0.406 e. The van der Waals surface area contributed by atoms with Gasteiger partial charge >= 0.3 is 6.36 Å². The van der Waals surface area contributed by atoms with Gasteiger partial charge in [0, 0.05) is 6.54 Å².